The van der Waals surface area contributed by atoms with Crippen LogP contribution in [0.1, 0.15) is 5.76 Å². The minimum absolute atomic E-state index is 0.0218. The van der Waals surface area contributed by atoms with Crippen LogP contribution in [0.5, 0.6) is 0 Å². The Hall–Kier alpha value is -2.73. The van der Waals surface area contributed by atoms with Gasteiger partial charge in [0.1, 0.15) is 12.1 Å². The number of nitrogens with zero attached hydrogens (tertiary/aromatic N) is 3. The van der Waals surface area contributed by atoms with Crippen molar-refractivity contribution >= 4 is 33.2 Å². The van der Waals surface area contributed by atoms with E-state index in [0.29, 0.717) is 17.5 Å². The van der Waals surface area contributed by atoms with E-state index < -0.39 is 20.5 Å². The molecule has 0 saturated heterocycles. The Kier molecular flexibility index (Phi) is 6.09. The van der Waals surface area contributed by atoms with Crippen molar-refractivity contribution < 1.29 is 26.4 Å². The van der Waals surface area contributed by atoms with E-state index in [1.807, 2.05) is 0 Å². The molecule has 0 saturated carbocycles. The molecule has 0 spiro atoms. The quantitative estimate of drug-likeness (QED) is 0.550. The zero-order valence-corrected chi connectivity index (χ0v) is 15.8. The molecule has 28 heavy (non-hydrogen) atoms. The van der Waals surface area contributed by atoms with Crippen molar-refractivity contribution in [1.82, 2.24) is 14.8 Å². The van der Waals surface area contributed by atoms with Gasteiger partial charge in [-0.25, -0.2) is 8.42 Å². The molecule has 2 aromatic heterocycles. The number of nitrogens with one attached hydrogen (secondary N) is 1. The van der Waals surface area contributed by atoms with Crippen LogP contribution in [0.15, 0.2) is 63.5 Å². The second-order valence-electron chi connectivity index (χ2n) is 5.49. The lowest BCUT2D eigenvalue weighted by atomic mass is 10.3. The molecule has 0 radical (unpaired) electrons. The molecular weight excluding hydrogens is 414 g/mol. The van der Waals surface area contributed by atoms with Crippen LogP contribution in [0.4, 0.5) is 14.5 Å². The summed E-state index contributed by atoms with van der Waals surface area (Å²) >= 11 is 1.15. The summed E-state index contributed by atoms with van der Waals surface area (Å²) in [6, 6.07) is 8.10. The molecule has 2 heterocycles. The van der Waals surface area contributed by atoms with Crippen LogP contribution in [0.2, 0.25) is 0 Å². The number of anilines is 1. The summed E-state index contributed by atoms with van der Waals surface area (Å²) in [4.78, 5) is 11.6. The van der Waals surface area contributed by atoms with E-state index in [1.54, 1.807) is 23.0 Å². The van der Waals surface area contributed by atoms with E-state index in [2.05, 4.69) is 15.5 Å². The van der Waals surface area contributed by atoms with Gasteiger partial charge in [-0.2, -0.15) is 8.78 Å². The van der Waals surface area contributed by atoms with Gasteiger partial charge < -0.3 is 14.3 Å². The molecule has 12 heteroatoms. The lowest BCUT2D eigenvalue weighted by Crippen LogP contribution is -2.15. The van der Waals surface area contributed by atoms with Crippen molar-refractivity contribution in [2.45, 2.75) is 22.4 Å². The predicted molar refractivity (Wildman–Crippen MR) is 96.8 cm³/mol. The highest BCUT2D eigenvalue weighted by molar-refractivity contribution is 7.99. The summed E-state index contributed by atoms with van der Waals surface area (Å²) in [5.41, 5.74) is 0.288. The van der Waals surface area contributed by atoms with Gasteiger partial charge in [0.05, 0.1) is 23.5 Å². The number of rotatable bonds is 8. The first-order valence-electron chi connectivity index (χ1n) is 7.81. The molecule has 0 fully saturated rings. The number of carbonyl (C=O) groups is 1. The number of halogens is 2. The van der Waals surface area contributed by atoms with Gasteiger partial charge in [-0.3, -0.25) is 4.79 Å². The molecule has 0 aliphatic rings. The summed E-state index contributed by atoms with van der Waals surface area (Å²) in [5, 5.41) is 10.8. The van der Waals surface area contributed by atoms with Gasteiger partial charge in [0.25, 0.3) is 0 Å². The highest BCUT2D eigenvalue weighted by atomic mass is 32.2. The van der Waals surface area contributed by atoms with Gasteiger partial charge in [0.2, 0.25) is 15.7 Å². The first kappa shape index (κ1) is 20.0. The molecule has 1 N–H and O–H groups in total. The van der Waals surface area contributed by atoms with Gasteiger partial charge in [-0.15, -0.1) is 10.2 Å². The van der Waals surface area contributed by atoms with E-state index >= 15 is 0 Å². The lowest BCUT2D eigenvalue weighted by Gasteiger charge is -2.07. The van der Waals surface area contributed by atoms with E-state index in [4.69, 9.17) is 4.42 Å². The number of alkyl halides is 2. The Balaban J connectivity index is 1.56. The minimum Gasteiger partial charge on any atom is -0.467 e. The zero-order chi connectivity index (χ0) is 20.1. The number of carbonyl (C=O) groups excluding carboxylic acids is 1. The summed E-state index contributed by atoms with van der Waals surface area (Å²) in [6.45, 7) is 0.421. The third-order valence-electron chi connectivity index (χ3n) is 3.52. The molecule has 1 aromatic carbocycles. The monoisotopic (exact) mass is 428 g/mol. The lowest BCUT2D eigenvalue weighted by molar-refractivity contribution is -0.113. The SMILES string of the molecule is O=C(CSc1nncn1Cc1ccco1)Nc1ccc(S(=O)(=O)C(F)F)cc1. The first-order valence-corrected chi connectivity index (χ1v) is 10.3. The van der Waals surface area contributed by atoms with E-state index in [-0.39, 0.29) is 17.3 Å². The molecule has 1 amide bonds. The molecule has 0 aliphatic carbocycles. The first-order chi connectivity index (χ1) is 13.4. The van der Waals surface area contributed by atoms with Crippen molar-refractivity contribution in [3.8, 4) is 0 Å². The molecule has 8 nitrogen and oxygen atoms in total. The molecule has 3 rings (SSSR count). The Morgan fingerprint density at radius 3 is 2.64 bits per heavy atom. The Morgan fingerprint density at radius 1 is 1.25 bits per heavy atom. The molecule has 0 unspecified atom stereocenters. The summed E-state index contributed by atoms with van der Waals surface area (Å²) in [7, 11) is -4.66. The van der Waals surface area contributed by atoms with Crippen LogP contribution in [0, 0.1) is 0 Å². The summed E-state index contributed by atoms with van der Waals surface area (Å²) < 4.78 is 54.8. The maximum atomic E-state index is 12.5. The number of sulfone groups is 1. The minimum atomic E-state index is -4.66. The fourth-order valence-corrected chi connectivity index (χ4v) is 3.63. The smallest absolute Gasteiger partial charge is 0.341 e. The number of thioether (sulfide) groups is 1. The average Bonchev–Trinajstić information content (AvgIpc) is 3.33. The van der Waals surface area contributed by atoms with Crippen LogP contribution in [0.3, 0.4) is 0 Å². The number of aromatic nitrogens is 3. The molecular formula is C16H14F2N4O4S2. The van der Waals surface area contributed by atoms with Gasteiger partial charge in [0.15, 0.2) is 5.16 Å². The summed E-state index contributed by atoms with van der Waals surface area (Å²) in [6.07, 6.45) is 3.07. The fourth-order valence-electron chi connectivity index (χ4n) is 2.19. The number of benzene rings is 1. The van der Waals surface area contributed by atoms with Crippen molar-refractivity contribution in [3.63, 3.8) is 0 Å². The molecule has 148 valence electrons. The van der Waals surface area contributed by atoms with Crippen LogP contribution >= 0.6 is 11.8 Å². The van der Waals surface area contributed by atoms with Crippen LogP contribution in [-0.4, -0.2) is 40.6 Å². The highest BCUT2D eigenvalue weighted by Crippen LogP contribution is 2.21. The van der Waals surface area contributed by atoms with Crippen LogP contribution in [0.25, 0.3) is 0 Å². The topological polar surface area (TPSA) is 107 Å². The maximum Gasteiger partial charge on any atom is 0.341 e. The van der Waals surface area contributed by atoms with Gasteiger partial charge in [0, 0.05) is 5.69 Å². The third kappa shape index (κ3) is 4.75. The number of hydrogen-bond donors (Lipinski definition) is 1. The van der Waals surface area contributed by atoms with E-state index in [0.717, 1.165) is 23.9 Å². The Morgan fingerprint density at radius 2 is 2.00 bits per heavy atom. The largest absolute Gasteiger partial charge is 0.467 e. The molecule has 0 aliphatic heterocycles. The fraction of sp³-hybridized carbons (Fsp3) is 0.188. The maximum absolute atomic E-state index is 12.5. The number of hydrogen-bond acceptors (Lipinski definition) is 7. The molecule has 0 atom stereocenters. The second-order valence-corrected chi connectivity index (χ2v) is 8.35. The standard InChI is InChI=1S/C16H14F2N4O4S2/c17-15(18)28(24,25)13-5-3-11(4-6-13)20-14(23)9-27-16-21-19-10-22(16)8-12-2-1-7-26-12/h1-7,10,15H,8-9H2,(H,20,23). The van der Waals surface area contributed by atoms with Gasteiger partial charge in [-0.1, -0.05) is 11.8 Å². The Labute approximate surface area is 162 Å². The predicted octanol–water partition coefficient (Wildman–Crippen LogP) is 2.65. The third-order valence-corrected chi connectivity index (χ3v) is 5.90. The number of amides is 1. The van der Waals surface area contributed by atoms with Gasteiger partial charge in [-0.05, 0) is 36.4 Å². The normalized spacial score (nSPS) is 11.7. The van der Waals surface area contributed by atoms with Crippen molar-refractivity contribution in [2.75, 3.05) is 11.1 Å². The molecule has 3 aromatic rings. The second kappa shape index (κ2) is 8.52. The van der Waals surface area contributed by atoms with Crippen molar-refractivity contribution in [1.29, 1.82) is 0 Å². The Bertz CT molecular complexity index is 1040. The van der Waals surface area contributed by atoms with Crippen molar-refractivity contribution in [2.24, 2.45) is 0 Å². The van der Waals surface area contributed by atoms with Gasteiger partial charge >= 0.3 is 5.76 Å². The number of furan rings is 1. The highest BCUT2D eigenvalue weighted by Gasteiger charge is 2.26. The van der Waals surface area contributed by atoms with E-state index in [1.165, 1.54) is 18.5 Å². The van der Waals surface area contributed by atoms with E-state index in [9.17, 15) is 22.0 Å². The van der Waals surface area contributed by atoms with Crippen LogP contribution in [-0.2, 0) is 21.2 Å². The zero-order valence-electron chi connectivity index (χ0n) is 14.2. The summed E-state index contributed by atoms with van der Waals surface area (Å²) in [5.74, 6) is -3.14. The van der Waals surface area contributed by atoms with Crippen molar-refractivity contribution in [3.05, 3.63) is 54.7 Å². The molecule has 0 bridgehead atoms. The average molecular weight is 428 g/mol. The van der Waals surface area contributed by atoms with Crippen LogP contribution < -0.4 is 5.32 Å².